The third kappa shape index (κ3) is 1.99. The predicted molar refractivity (Wildman–Crippen MR) is 62.4 cm³/mol. The molecule has 16 heavy (non-hydrogen) atoms. The average Bonchev–Trinajstić information content (AvgIpc) is 2.25. The van der Waals surface area contributed by atoms with Gasteiger partial charge in [-0.25, -0.2) is 0 Å². The molecule has 2 rings (SSSR count). The number of amides is 1. The quantitative estimate of drug-likeness (QED) is 0.734. The molecule has 0 atom stereocenters. The summed E-state index contributed by atoms with van der Waals surface area (Å²) in [6.45, 7) is 3.64. The molecule has 1 aliphatic heterocycles. The smallest absolute Gasteiger partial charge is 0.269 e. The van der Waals surface area contributed by atoms with E-state index in [0.29, 0.717) is 5.69 Å². The Kier molecular flexibility index (Phi) is 2.55. The molecular weight excluding hydrogens is 204 g/mol. The number of anilines is 1. The molecular formula is C11H16N4O. The van der Waals surface area contributed by atoms with E-state index in [1.165, 1.54) is 0 Å². The molecule has 0 saturated carbocycles. The Labute approximate surface area is 94.6 Å². The number of nitrogens with two attached hydrogens (primary N) is 1. The maximum absolute atomic E-state index is 11.4. The Bertz CT molecular complexity index is 408. The highest BCUT2D eigenvalue weighted by Crippen LogP contribution is 2.25. The number of rotatable bonds is 2. The molecule has 0 unspecified atom stereocenters. The van der Waals surface area contributed by atoms with Crippen molar-refractivity contribution in [1.82, 2.24) is 10.3 Å². The molecule has 1 saturated heterocycles. The van der Waals surface area contributed by atoms with Crippen LogP contribution in [0.5, 0.6) is 0 Å². The van der Waals surface area contributed by atoms with Crippen molar-refractivity contribution in [3.8, 4) is 0 Å². The molecule has 1 amide bonds. The summed E-state index contributed by atoms with van der Waals surface area (Å²) in [6, 6.07) is 3.68. The molecule has 5 nitrogen and oxygen atoms in total. The van der Waals surface area contributed by atoms with Gasteiger partial charge in [0.25, 0.3) is 5.91 Å². The second-order valence-corrected chi connectivity index (χ2v) is 4.49. The summed E-state index contributed by atoms with van der Waals surface area (Å²) in [5, 5.41) is 2.56. The summed E-state index contributed by atoms with van der Waals surface area (Å²) in [5.41, 5.74) is 7.25. The topological polar surface area (TPSA) is 71.2 Å². The van der Waals surface area contributed by atoms with Crippen LogP contribution in [0, 0.1) is 0 Å². The van der Waals surface area contributed by atoms with E-state index < -0.39 is 0 Å². The van der Waals surface area contributed by atoms with E-state index in [0.717, 1.165) is 18.8 Å². The van der Waals surface area contributed by atoms with Gasteiger partial charge >= 0.3 is 0 Å². The molecule has 2 heterocycles. The lowest BCUT2D eigenvalue weighted by atomic mass is 9.93. The van der Waals surface area contributed by atoms with Crippen LogP contribution in [0.4, 0.5) is 5.69 Å². The molecule has 1 aromatic heterocycles. The largest absolute Gasteiger partial charge is 0.368 e. The zero-order valence-corrected chi connectivity index (χ0v) is 9.53. The van der Waals surface area contributed by atoms with Crippen LogP contribution in [0.2, 0.25) is 0 Å². The van der Waals surface area contributed by atoms with E-state index in [2.05, 4.69) is 15.2 Å². The number of nitrogens with one attached hydrogen (secondary N) is 1. The summed E-state index contributed by atoms with van der Waals surface area (Å²) >= 11 is 0. The first-order valence-corrected chi connectivity index (χ1v) is 5.24. The van der Waals surface area contributed by atoms with Crippen molar-refractivity contribution in [1.29, 1.82) is 0 Å². The molecule has 86 valence electrons. The fourth-order valence-corrected chi connectivity index (χ4v) is 1.88. The van der Waals surface area contributed by atoms with Gasteiger partial charge in [-0.15, -0.1) is 0 Å². The van der Waals surface area contributed by atoms with Gasteiger partial charge in [-0.3, -0.25) is 9.78 Å². The van der Waals surface area contributed by atoms with Gasteiger partial charge in [0.2, 0.25) is 0 Å². The second kappa shape index (κ2) is 3.75. The van der Waals surface area contributed by atoms with Gasteiger partial charge in [0.1, 0.15) is 5.69 Å². The molecule has 0 spiro atoms. The van der Waals surface area contributed by atoms with Crippen molar-refractivity contribution >= 4 is 11.6 Å². The Morgan fingerprint density at radius 3 is 2.88 bits per heavy atom. The fraction of sp³-hybridized carbons (Fsp3) is 0.455. The zero-order chi connectivity index (χ0) is 11.8. The van der Waals surface area contributed by atoms with Crippen LogP contribution in [0.15, 0.2) is 18.3 Å². The van der Waals surface area contributed by atoms with Gasteiger partial charge in [0.05, 0.1) is 0 Å². The lowest BCUT2D eigenvalue weighted by molar-refractivity contribution is 0.0958. The minimum atomic E-state index is -0.169. The second-order valence-electron chi connectivity index (χ2n) is 4.49. The van der Waals surface area contributed by atoms with Crippen molar-refractivity contribution in [2.45, 2.75) is 12.5 Å². The van der Waals surface area contributed by atoms with Crippen molar-refractivity contribution in [2.75, 3.05) is 25.0 Å². The molecule has 0 aliphatic carbocycles. The van der Waals surface area contributed by atoms with Crippen molar-refractivity contribution < 1.29 is 4.79 Å². The summed E-state index contributed by atoms with van der Waals surface area (Å²) in [7, 11) is 1.59. The third-order valence-electron chi connectivity index (χ3n) is 2.67. The maximum Gasteiger partial charge on any atom is 0.269 e. The minimum absolute atomic E-state index is 0.115. The number of hydrogen-bond acceptors (Lipinski definition) is 4. The van der Waals surface area contributed by atoms with E-state index >= 15 is 0 Å². The van der Waals surface area contributed by atoms with Gasteiger partial charge in [0.15, 0.2) is 0 Å². The molecule has 1 fully saturated rings. The SMILES string of the molecule is CNC(=O)c1cc(N2CC(C)(N)C2)ccn1. The Morgan fingerprint density at radius 2 is 2.31 bits per heavy atom. The van der Waals surface area contributed by atoms with E-state index in [1.807, 2.05) is 13.0 Å². The van der Waals surface area contributed by atoms with Crippen LogP contribution in [-0.2, 0) is 0 Å². The van der Waals surface area contributed by atoms with Crippen LogP contribution >= 0.6 is 0 Å². The van der Waals surface area contributed by atoms with Crippen LogP contribution in [0.25, 0.3) is 0 Å². The molecule has 0 aromatic carbocycles. The number of aromatic nitrogens is 1. The highest BCUT2D eigenvalue weighted by Gasteiger charge is 2.35. The summed E-state index contributed by atoms with van der Waals surface area (Å²) < 4.78 is 0. The van der Waals surface area contributed by atoms with E-state index in [1.54, 1.807) is 19.3 Å². The zero-order valence-electron chi connectivity index (χ0n) is 9.53. The molecule has 5 heteroatoms. The first-order valence-electron chi connectivity index (χ1n) is 5.24. The number of pyridine rings is 1. The standard InChI is InChI=1S/C11H16N4O/c1-11(12)6-15(7-11)8-3-4-14-9(5-8)10(16)13-2/h3-5H,6-7,12H2,1-2H3,(H,13,16). The van der Waals surface area contributed by atoms with Gasteiger partial charge in [-0.2, -0.15) is 0 Å². The lowest BCUT2D eigenvalue weighted by Crippen LogP contribution is -2.65. The van der Waals surface area contributed by atoms with Gasteiger partial charge in [-0.05, 0) is 19.1 Å². The molecule has 0 bridgehead atoms. The van der Waals surface area contributed by atoms with E-state index in [4.69, 9.17) is 5.73 Å². The Balaban J connectivity index is 2.15. The first kappa shape index (κ1) is 10.9. The highest BCUT2D eigenvalue weighted by atomic mass is 16.1. The number of nitrogens with zero attached hydrogens (tertiary/aromatic N) is 2. The van der Waals surface area contributed by atoms with Crippen LogP contribution in [0.1, 0.15) is 17.4 Å². The van der Waals surface area contributed by atoms with Gasteiger partial charge in [-0.1, -0.05) is 0 Å². The average molecular weight is 220 g/mol. The third-order valence-corrected chi connectivity index (χ3v) is 2.67. The maximum atomic E-state index is 11.4. The number of carbonyl (C=O) groups excluding carboxylic acids is 1. The number of hydrogen-bond donors (Lipinski definition) is 2. The van der Waals surface area contributed by atoms with E-state index in [9.17, 15) is 4.79 Å². The number of carbonyl (C=O) groups is 1. The predicted octanol–water partition coefficient (Wildman–Crippen LogP) is -0.0214. The fourth-order valence-electron chi connectivity index (χ4n) is 1.88. The monoisotopic (exact) mass is 220 g/mol. The lowest BCUT2D eigenvalue weighted by Gasteiger charge is -2.47. The van der Waals surface area contributed by atoms with E-state index in [-0.39, 0.29) is 11.4 Å². The van der Waals surface area contributed by atoms with Crippen LogP contribution < -0.4 is 16.0 Å². The van der Waals surface area contributed by atoms with Crippen molar-refractivity contribution in [3.63, 3.8) is 0 Å². The van der Waals surface area contributed by atoms with Crippen molar-refractivity contribution in [2.24, 2.45) is 5.73 Å². The normalized spacial score (nSPS) is 17.8. The molecule has 1 aromatic rings. The summed E-state index contributed by atoms with van der Waals surface area (Å²) in [6.07, 6.45) is 1.64. The van der Waals surface area contributed by atoms with Crippen molar-refractivity contribution in [3.05, 3.63) is 24.0 Å². The Hall–Kier alpha value is -1.62. The molecule has 3 N–H and O–H groups in total. The molecule has 0 radical (unpaired) electrons. The summed E-state index contributed by atoms with van der Waals surface area (Å²) in [4.78, 5) is 17.6. The summed E-state index contributed by atoms with van der Waals surface area (Å²) in [5.74, 6) is -0.169. The Morgan fingerprint density at radius 1 is 1.62 bits per heavy atom. The first-order chi connectivity index (χ1) is 7.52. The van der Waals surface area contributed by atoms with Gasteiger partial charge in [0, 0.05) is 37.6 Å². The molecule has 1 aliphatic rings. The highest BCUT2D eigenvalue weighted by molar-refractivity contribution is 5.92. The van der Waals surface area contributed by atoms with Crippen LogP contribution in [0.3, 0.4) is 0 Å². The van der Waals surface area contributed by atoms with Crippen LogP contribution in [-0.4, -0.2) is 36.6 Å². The van der Waals surface area contributed by atoms with Gasteiger partial charge < -0.3 is 16.0 Å². The minimum Gasteiger partial charge on any atom is -0.368 e.